The normalized spacial score (nSPS) is 12.2. The first-order valence-electron chi connectivity index (χ1n) is 10.4. The molecular formula is C27H20ClFN2S. The number of rotatable bonds is 6. The minimum absolute atomic E-state index is 0.0726. The van der Waals surface area contributed by atoms with Crippen molar-refractivity contribution >= 4 is 34.4 Å². The molecule has 0 aliphatic rings. The number of aromatic nitrogens is 2. The highest BCUT2D eigenvalue weighted by atomic mass is 35.5. The van der Waals surface area contributed by atoms with Crippen molar-refractivity contribution in [3.05, 3.63) is 131 Å². The van der Waals surface area contributed by atoms with Crippen LogP contribution in [0.3, 0.4) is 0 Å². The van der Waals surface area contributed by atoms with E-state index < -0.39 is 0 Å². The first-order valence-corrected chi connectivity index (χ1v) is 11.6. The van der Waals surface area contributed by atoms with E-state index in [0.717, 1.165) is 27.3 Å². The van der Waals surface area contributed by atoms with Crippen LogP contribution in [0.2, 0.25) is 5.02 Å². The van der Waals surface area contributed by atoms with Gasteiger partial charge in [-0.05, 0) is 42.0 Å². The maximum Gasteiger partial charge on any atom is 0.129 e. The Bertz CT molecular complexity index is 1330. The summed E-state index contributed by atoms with van der Waals surface area (Å²) in [7, 11) is 0. The standard InChI is InChI=1S/C27H20ClFN2S/c28-22-14-9-15-23(29)21(22)18-31-25-17-8-7-16-24(25)30-27(31)26(19-10-3-1-4-11-19)32-20-12-5-2-6-13-20/h1-17,26H,18H2. The molecular weight excluding hydrogens is 439 g/mol. The van der Waals surface area contributed by atoms with Gasteiger partial charge in [0.2, 0.25) is 0 Å². The molecule has 0 radical (unpaired) electrons. The van der Waals surface area contributed by atoms with Crippen molar-refractivity contribution in [1.82, 2.24) is 9.55 Å². The van der Waals surface area contributed by atoms with Gasteiger partial charge >= 0.3 is 0 Å². The van der Waals surface area contributed by atoms with Crippen molar-refractivity contribution in [1.29, 1.82) is 0 Å². The van der Waals surface area contributed by atoms with Gasteiger partial charge in [-0.2, -0.15) is 0 Å². The van der Waals surface area contributed by atoms with Gasteiger partial charge in [-0.25, -0.2) is 9.37 Å². The number of nitrogens with zero attached hydrogens (tertiary/aromatic N) is 2. The van der Waals surface area contributed by atoms with E-state index in [-0.39, 0.29) is 11.1 Å². The van der Waals surface area contributed by atoms with Gasteiger partial charge in [0.1, 0.15) is 11.6 Å². The van der Waals surface area contributed by atoms with E-state index in [9.17, 15) is 4.39 Å². The fourth-order valence-electron chi connectivity index (χ4n) is 3.83. The SMILES string of the molecule is Fc1cccc(Cl)c1Cn1c(C(Sc2ccccc2)c2ccccc2)nc2ccccc21. The van der Waals surface area contributed by atoms with Gasteiger partial charge < -0.3 is 4.57 Å². The smallest absolute Gasteiger partial charge is 0.129 e. The van der Waals surface area contributed by atoms with Gasteiger partial charge in [0, 0.05) is 15.5 Å². The van der Waals surface area contributed by atoms with Crippen molar-refractivity contribution in [2.24, 2.45) is 0 Å². The number of thioether (sulfide) groups is 1. The fraction of sp³-hybridized carbons (Fsp3) is 0.0741. The lowest BCUT2D eigenvalue weighted by Gasteiger charge is -2.20. The quantitative estimate of drug-likeness (QED) is 0.242. The van der Waals surface area contributed by atoms with Crippen molar-refractivity contribution in [3.8, 4) is 0 Å². The molecule has 0 amide bonds. The predicted octanol–water partition coefficient (Wildman–Crippen LogP) is 7.76. The maximum absolute atomic E-state index is 14.7. The molecule has 0 bridgehead atoms. The molecule has 1 heterocycles. The second-order valence-corrected chi connectivity index (χ2v) is 9.05. The monoisotopic (exact) mass is 458 g/mol. The third-order valence-corrected chi connectivity index (χ3v) is 7.01. The molecule has 0 fully saturated rings. The molecule has 2 nitrogen and oxygen atoms in total. The Morgan fingerprint density at radius 3 is 2.25 bits per heavy atom. The van der Waals surface area contributed by atoms with Crippen LogP contribution in [0.4, 0.5) is 4.39 Å². The zero-order chi connectivity index (χ0) is 21.9. The lowest BCUT2D eigenvalue weighted by Crippen LogP contribution is -2.11. The molecule has 0 N–H and O–H groups in total. The van der Waals surface area contributed by atoms with E-state index in [2.05, 4.69) is 28.8 Å². The van der Waals surface area contributed by atoms with Gasteiger partial charge in [-0.3, -0.25) is 0 Å². The van der Waals surface area contributed by atoms with E-state index in [1.165, 1.54) is 6.07 Å². The Hall–Kier alpha value is -3.08. The van der Waals surface area contributed by atoms with Crippen molar-refractivity contribution < 1.29 is 4.39 Å². The van der Waals surface area contributed by atoms with Crippen LogP contribution in [0, 0.1) is 5.82 Å². The van der Waals surface area contributed by atoms with Gasteiger partial charge in [0.15, 0.2) is 0 Å². The number of halogens is 2. The van der Waals surface area contributed by atoms with E-state index in [1.54, 1.807) is 23.9 Å². The average Bonchev–Trinajstić information content (AvgIpc) is 3.19. The highest BCUT2D eigenvalue weighted by Crippen LogP contribution is 2.41. The summed E-state index contributed by atoms with van der Waals surface area (Å²) in [5.74, 6) is 0.554. The molecule has 1 aromatic heterocycles. The zero-order valence-corrected chi connectivity index (χ0v) is 18.7. The molecule has 0 spiro atoms. The molecule has 0 saturated heterocycles. The summed E-state index contributed by atoms with van der Waals surface area (Å²) in [4.78, 5) is 6.16. The Morgan fingerprint density at radius 2 is 1.50 bits per heavy atom. The molecule has 4 aromatic carbocycles. The lowest BCUT2D eigenvalue weighted by molar-refractivity contribution is 0.598. The number of hydrogen-bond donors (Lipinski definition) is 0. The summed E-state index contributed by atoms with van der Waals surface area (Å²) in [5, 5.41) is 0.345. The molecule has 0 saturated carbocycles. The number of hydrogen-bond acceptors (Lipinski definition) is 2. The zero-order valence-electron chi connectivity index (χ0n) is 17.2. The second kappa shape index (κ2) is 9.19. The second-order valence-electron chi connectivity index (χ2n) is 7.47. The molecule has 1 unspecified atom stereocenters. The van der Waals surface area contributed by atoms with E-state index in [0.29, 0.717) is 17.1 Å². The summed E-state index contributed by atoms with van der Waals surface area (Å²) >= 11 is 8.13. The van der Waals surface area contributed by atoms with Crippen LogP contribution in [-0.4, -0.2) is 9.55 Å². The lowest BCUT2D eigenvalue weighted by atomic mass is 10.1. The largest absolute Gasteiger partial charge is 0.322 e. The minimum Gasteiger partial charge on any atom is -0.322 e. The molecule has 1 atom stereocenters. The summed E-state index contributed by atoms with van der Waals surface area (Å²) in [5.41, 5.74) is 3.44. The summed E-state index contributed by atoms with van der Waals surface area (Å²) in [6.45, 7) is 0.306. The van der Waals surface area contributed by atoms with Gasteiger partial charge in [-0.15, -0.1) is 11.8 Å². The van der Waals surface area contributed by atoms with Gasteiger partial charge in [0.05, 0.1) is 22.8 Å². The van der Waals surface area contributed by atoms with Crippen LogP contribution in [0.15, 0.2) is 108 Å². The van der Waals surface area contributed by atoms with E-state index in [4.69, 9.17) is 16.6 Å². The number of imidazole rings is 1. The Morgan fingerprint density at radius 1 is 0.812 bits per heavy atom. The van der Waals surface area contributed by atoms with Crippen molar-refractivity contribution in [2.45, 2.75) is 16.7 Å². The molecule has 158 valence electrons. The van der Waals surface area contributed by atoms with Gasteiger partial charge in [-0.1, -0.05) is 78.3 Å². The fourth-order valence-corrected chi connectivity index (χ4v) is 5.22. The minimum atomic E-state index is -0.312. The molecule has 0 aliphatic carbocycles. The highest BCUT2D eigenvalue weighted by Gasteiger charge is 2.24. The van der Waals surface area contributed by atoms with E-state index in [1.807, 2.05) is 60.7 Å². The molecule has 0 aliphatic heterocycles. The Kier molecular flexibility index (Phi) is 5.97. The average molecular weight is 459 g/mol. The van der Waals surface area contributed by atoms with E-state index >= 15 is 0 Å². The maximum atomic E-state index is 14.7. The first kappa shape index (κ1) is 20.8. The summed E-state index contributed by atoms with van der Waals surface area (Å²) in [6, 6.07) is 33.4. The number of benzene rings is 4. The van der Waals surface area contributed by atoms with Crippen LogP contribution in [-0.2, 0) is 6.54 Å². The third-order valence-electron chi connectivity index (χ3n) is 5.40. The first-order chi connectivity index (χ1) is 15.7. The van der Waals surface area contributed by atoms with Crippen LogP contribution in [0.1, 0.15) is 22.2 Å². The number of para-hydroxylation sites is 2. The van der Waals surface area contributed by atoms with Crippen LogP contribution < -0.4 is 0 Å². The molecule has 5 rings (SSSR count). The predicted molar refractivity (Wildman–Crippen MR) is 131 cm³/mol. The Labute approximate surface area is 195 Å². The number of fused-ring (bicyclic) bond motifs is 1. The Balaban J connectivity index is 1.69. The molecule has 5 aromatic rings. The molecule has 5 heteroatoms. The van der Waals surface area contributed by atoms with Crippen LogP contribution in [0.25, 0.3) is 11.0 Å². The highest BCUT2D eigenvalue weighted by molar-refractivity contribution is 7.99. The topological polar surface area (TPSA) is 17.8 Å². The van der Waals surface area contributed by atoms with Crippen molar-refractivity contribution in [2.75, 3.05) is 0 Å². The van der Waals surface area contributed by atoms with Crippen LogP contribution >= 0.6 is 23.4 Å². The van der Waals surface area contributed by atoms with Crippen LogP contribution in [0.5, 0.6) is 0 Å². The van der Waals surface area contributed by atoms with Gasteiger partial charge in [0.25, 0.3) is 0 Å². The molecule has 32 heavy (non-hydrogen) atoms. The summed E-state index contributed by atoms with van der Waals surface area (Å²) in [6.07, 6.45) is 0. The van der Waals surface area contributed by atoms with Crippen molar-refractivity contribution in [3.63, 3.8) is 0 Å². The summed E-state index contributed by atoms with van der Waals surface area (Å²) < 4.78 is 16.8. The third kappa shape index (κ3) is 4.16.